The average molecular weight is 542 g/mol. The Labute approximate surface area is 212 Å². The predicted octanol–water partition coefficient (Wildman–Crippen LogP) is 2.25. The molecular weight excluding hydrogens is 511 g/mol. The van der Waals surface area contributed by atoms with E-state index in [0.29, 0.717) is 36.8 Å². The van der Waals surface area contributed by atoms with Crippen LogP contribution in [0.4, 0.5) is 0 Å². The van der Waals surface area contributed by atoms with Crippen LogP contribution in [0.5, 0.6) is 11.5 Å². The van der Waals surface area contributed by atoms with Crippen LogP contribution in [-0.4, -0.2) is 73.3 Å². The third-order valence-corrected chi connectivity index (χ3v) is 9.41. The Morgan fingerprint density at radius 2 is 1.66 bits per heavy atom. The zero-order valence-corrected chi connectivity index (χ0v) is 22.2. The minimum atomic E-state index is -0.656. The Morgan fingerprint density at radius 1 is 1.06 bits per heavy atom. The molecule has 2 aromatic rings. The molecule has 4 unspecified atom stereocenters. The zero-order chi connectivity index (χ0) is 25.2. The Morgan fingerprint density at radius 3 is 2.23 bits per heavy atom. The number of hydrogen-bond acceptors (Lipinski definition) is 7. The van der Waals surface area contributed by atoms with E-state index in [1.165, 1.54) is 16.9 Å². The number of carbonyl (C=O) groups is 2. The van der Waals surface area contributed by atoms with Crippen LogP contribution in [0.15, 0.2) is 24.3 Å². The van der Waals surface area contributed by atoms with Crippen LogP contribution in [0, 0.1) is 5.92 Å². The first-order valence-electron chi connectivity index (χ1n) is 12.2. The molecule has 2 aromatic carbocycles. The van der Waals surface area contributed by atoms with Crippen LogP contribution < -0.4 is 0 Å². The van der Waals surface area contributed by atoms with Crippen molar-refractivity contribution in [1.29, 1.82) is 0 Å². The summed E-state index contributed by atoms with van der Waals surface area (Å²) in [5.41, 5.74) is 1.01. The fourth-order valence-corrected chi connectivity index (χ4v) is 7.43. The van der Waals surface area contributed by atoms with Crippen molar-refractivity contribution in [3.8, 4) is 11.5 Å². The van der Waals surface area contributed by atoms with Crippen LogP contribution >= 0.6 is 0 Å². The Kier molecular flexibility index (Phi) is 6.33. The van der Waals surface area contributed by atoms with Gasteiger partial charge in [-0.25, -0.2) is 0 Å². The van der Waals surface area contributed by atoms with E-state index in [0.717, 1.165) is 0 Å². The average Bonchev–Trinajstić information content (AvgIpc) is 2.82. The molecule has 0 amide bonds. The fraction of sp³-hybridized carbons (Fsp3) is 0.481. The molecule has 35 heavy (non-hydrogen) atoms. The molecule has 1 heterocycles. The van der Waals surface area contributed by atoms with Gasteiger partial charge in [0.1, 0.15) is 0 Å². The summed E-state index contributed by atoms with van der Waals surface area (Å²) < 4.78 is 6.19. The van der Waals surface area contributed by atoms with Crippen molar-refractivity contribution in [1.82, 2.24) is 0 Å². The molecule has 3 aliphatic rings. The first-order chi connectivity index (χ1) is 16.6. The molecule has 186 valence electrons. The van der Waals surface area contributed by atoms with Gasteiger partial charge in [0.05, 0.1) is 0 Å². The quantitative estimate of drug-likeness (QED) is 0.296. The van der Waals surface area contributed by atoms with Gasteiger partial charge in [-0.1, -0.05) is 6.07 Å². The molecular formula is C27H31AsO7. The zero-order valence-electron chi connectivity index (χ0n) is 19.8. The van der Waals surface area contributed by atoms with Crippen molar-refractivity contribution < 1.29 is 34.8 Å². The van der Waals surface area contributed by atoms with Gasteiger partial charge in [0.25, 0.3) is 0 Å². The molecule has 8 atom stereocenters. The van der Waals surface area contributed by atoms with Gasteiger partial charge in [0.15, 0.2) is 0 Å². The number of benzene rings is 2. The number of aliphatic hydroxyl groups excluding tert-OH is 2. The van der Waals surface area contributed by atoms with E-state index in [2.05, 4.69) is 0 Å². The number of rotatable bonds is 3. The molecule has 0 aromatic heterocycles. The van der Waals surface area contributed by atoms with E-state index >= 15 is 0 Å². The summed E-state index contributed by atoms with van der Waals surface area (Å²) in [6.07, 6.45) is 0.344. The number of phenolic OH excluding ortho intramolecular Hbond substituents is 2. The molecule has 4 N–H and O–H groups in total. The third-order valence-electron chi connectivity index (χ3n) is 8.01. The van der Waals surface area contributed by atoms with Gasteiger partial charge in [-0.2, -0.15) is 0 Å². The first kappa shape index (κ1) is 24.5. The van der Waals surface area contributed by atoms with Crippen molar-refractivity contribution >= 4 is 28.4 Å². The summed E-state index contributed by atoms with van der Waals surface area (Å²) in [4.78, 5) is 26.7. The van der Waals surface area contributed by atoms with Gasteiger partial charge in [-0.3, -0.25) is 0 Å². The number of fused-ring (bicyclic) bond motifs is 3. The van der Waals surface area contributed by atoms with Gasteiger partial charge in [-0.15, -0.1) is 0 Å². The van der Waals surface area contributed by atoms with Gasteiger partial charge in [0, 0.05) is 0 Å². The molecule has 5 rings (SSSR count). The Bertz CT molecular complexity index is 1190. The third kappa shape index (κ3) is 3.93. The van der Waals surface area contributed by atoms with Gasteiger partial charge >= 0.3 is 207 Å². The molecule has 8 heteroatoms. The van der Waals surface area contributed by atoms with Crippen molar-refractivity contribution in [2.45, 2.75) is 74.6 Å². The summed E-state index contributed by atoms with van der Waals surface area (Å²) >= 11 is 1.46. The van der Waals surface area contributed by atoms with E-state index in [1.54, 1.807) is 31.2 Å². The summed E-state index contributed by atoms with van der Waals surface area (Å²) in [7, 11) is 0. The number of aromatic hydroxyl groups is 2. The molecule has 0 spiro atoms. The van der Waals surface area contributed by atoms with Crippen molar-refractivity contribution in [3.63, 3.8) is 0 Å². The van der Waals surface area contributed by atoms with E-state index in [1.807, 2.05) is 6.92 Å². The van der Waals surface area contributed by atoms with Gasteiger partial charge in [-0.05, 0) is 0 Å². The number of ketones is 2. The number of hydrogen-bond donors (Lipinski definition) is 4. The summed E-state index contributed by atoms with van der Waals surface area (Å²) in [5, 5.41) is 43.5. The molecule has 1 saturated heterocycles. The molecule has 0 bridgehead atoms. The second kappa shape index (κ2) is 9.04. The maximum atomic E-state index is 13.4. The number of carbonyl (C=O) groups excluding carboxylic acids is 2. The number of ether oxygens (including phenoxy) is 1. The summed E-state index contributed by atoms with van der Waals surface area (Å²) in [5.74, 6) is -1.98. The molecule has 1 fully saturated rings. The number of aliphatic hydroxyl groups is 2. The van der Waals surface area contributed by atoms with E-state index in [-0.39, 0.29) is 62.5 Å². The normalized spacial score (nSPS) is 30.9. The topological polar surface area (TPSA) is 124 Å². The van der Waals surface area contributed by atoms with Crippen LogP contribution in [-0.2, 0) is 11.2 Å². The first-order valence-corrected chi connectivity index (χ1v) is 13.6. The van der Waals surface area contributed by atoms with E-state index in [4.69, 9.17) is 4.74 Å². The Hall–Kier alpha value is -2.18. The van der Waals surface area contributed by atoms with Crippen LogP contribution in [0.2, 0.25) is 4.71 Å². The second-order valence-electron chi connectivity index (χ2n) is 10.3. The summed E-state index contributed by atoms with van der Waals surface area (Å²) in [6.45, 7) is 3.55. The van der Waals surface area contributed by atoms with E-state index in [9.17, 15) is 30.0 Å². The van der Waals surface area contributed by atoms with Crippen LogP contribution in [0.25, 0.3) is 0 Å². The monoisotopic (exact) mass is 542 g/mol. The standard InChI is InChI=1S/C27H31AsO7/c1-11(29)13-7-14(8-15-10-19(28)23(30)12(2)35-15)20-18(9-13)26(33)21-22(27(20)34)25(32)17-6-4-3-5-16(17)24(21)31/h3-6,11-15,19,23,29-30,33-34H,7-10,28H2,1-2H3/t11?,12-,13?,14?,15-,19-,23+/m0/s1. The van der Waals surface area contributed by atoms with Crippen LogP contribution in [0.1, 0.15) is 82.0 Å². The molecule has 0 radical (unpaired) electrons. The Balaban J connectivity index is 1.63. The second-order valence-corrected chi connectivity index (χ2v) is 12.1. The molecule has 0 saturated carbocycles. The SMILES string of the molecule is CC(O)C1Cc2c(O)c3c(c(O)c2C(C[C@H]2C[C@H]([AsH2])[C@H](O)[C@H](C)O2)C1)C(=O)c1ccccc1C3=O. The fourth-order valence-electron chi connectivity index (χ4n) is 6.14. The minimum absolute atomic E-state index is 0.105. The summed E-state index contributed by atoms with van der Waals surface area (Å²) in [6, 6.07) is 6.43. The van der Waals surface area contributed by atoms with Crippen molar-refractivity contribution in [3.05, 3.63) is 57.6 Å². The number of phenols is 2. The maximum absolute atomic E-state index is 13.4. The molecule has 1 aliphatic heterocycles. The molecule has 7 nitrogen and oxygen atoms in total. The molecule has 2 aliphatic carbocycles. The van der Waals surface area contributed by atoms with Gasteiger partial charge < -0.3 is 0 Å². The predicted molar refractivity (Wildman–Crippen MR) is 131 cm³/mol. The van der Waals surface area contributed by atoms with Crippen molar-refractivity contribution in [2.24, 2.45) is 5.92 Å². The van der Waals surface area contributed by atoms with Crippen LogP contribution in [0.3, 0.4) is 0 Å². The van der Waals surface area contributed by atoms with Gasteiger partial charge in [0.2, 0.25) is 0 Å². The van der Waals surface area contributed by atoms with Crippen molar-refractivity contribution in [2.75, 3.05) is 0 Å². The van der Waals surface area contributed by atoms with E-state index < -0.39 is 23.8 Å².